The van der Waals surface area contributed by atoms with Gasteiger partial charge in [-0.15, -0.1) is 0 Å². The predicted molar refractivity (Wildman–Crippen MR) is 66.0 cm³/mol. The number of ether oxygens (including phenoxy) is 1. The number of hydrogen-bond acceptors (Lipinski definition) is 4. The second-order valence-electron chi connectivity index (χ2n) is 4.13. The highest BCUT2D eigenvalue weighted by Gasteiger charge is 2.38. The molecular formula is C12H11F3N2O4. The van der Waals surface area contributed by atoms with E-state index in [1.807, 2.05) is 0 Å². The van der Waals surface area contributed by atoms with E-state index in [0.29, 0.717) is 5.52 Å². The Balaban J connectivity index is 2.00. The molecule has 1 amide bonds. The molecule has 1 heterocycles. The number of para-hydroxylation sites is 1. The normalized spacial score (nSPS) is 11.6. The van der Waals surface area contributed by atoms with E-state index in [2.05, 4.69) is 0 Å². The lowest BCUT2D eigenvalue weighted by atomic mass is 10.3. The van der Waals surface area contributed by atoms with Crippen LogP contribution in [0.3, 0.4) is 0 Å². The molecule has 6 nitrogen and oxygen atoms in total. The standard InChI is InChI=1S/C12H11F3N2O4/c1-17-7-3-2-4-8(9(7)21-11(17)19)20-6-5-16-10(18)12(13,14)15/h2-4H,5-6H2,1H3,(H,16,18). The van der Waals surface area contributed by atoms with Crippen LogP contribution in [0.15, 0.2) is 27.4 Å². The molecule has 0 aliphatic heterocycles. The zero-order valence-corrected chi connectivity index (χ0v) is 10.9. The first-order valence-electron chi connectivity index (χ1n) is 5.87. The van der Waals surface area contributed by atoms with Crippen molar-refractivity contribution >= 4 is 17.0 Å². The summed E-state index contributed by atoms with van der Waals surface area (Å²) < 4.78 is 47.3. The zero-order chi connectivity index (χ0) is 15.6. The molecule has 0 unspecified atom stereocenters. The van der Waals surface area contributed by atoms with Crippen LogP contribution in [0, 0.1) is 0 Å². The number of halogens is 3. The highest BCUT2D eigenvalue weighted by molar-refractivity contribution is 5.81. The summed E-state index contributed by atoms with van der Waals surface area (Å²) in [5.74, 6) is -2.39. The molecule has 0 saturated carbocycles. The molecule has 1 N–H and O–H groups in total. The molecule has 0 atom stereocenters. The van der Waals surface area contributed by atoms with Crippen LogP contribution in [0.25, 0.3) is 11.1 Å². The van der Waals surface area contributed by atoms with Gasteiger partial charge in [-0.3, -0.25) is 9.36 Å². The van der Waals surface area contributed by atoms with Crippen LogP contribution >= 0.6 is 0 Å². The van der Waals surface area contributed by atoms with Gasteiger partial charge in [0.15, 0.2) is 11.3 Å². The van der Waals surface area contributed by atoms with Crippen molar-refractivity contribution in [1.82, 2.24) is 9.88 Å². The summed E-state index contributed by atoms with van der Waals surface area (Å²) in [5, 5.41) is 1.67. The van der Waals surface area contributed by atoms with Gasteiger partial charge in [-0.05, 0) is 12.1 Å². The van der Waals surface area contributed by atoms with Crippen molar-refractivity contribution in [2.75, 3.05) is 13.2 Å². The molecule has 0 saturated heterocycles. The van der Waals surface area contributed by atoms with E-state index in [1.54, 1.807) is 17.4 Å². The van der Waals surface area contributed by atoms with E-state index in [-0.39, 0.29) is 24.5 Å². The number of alkyl halides is 3. The number of aryl methyl sites for hydroxylation is 1. The molecule has 1 aromatic heterocycles. The Morgan fingerprint density at radius 1 is 1.43 bits per heavy atom. The molecule has 0 aliphatic rings. The van der Waals surface area contributed by atoms with Gasteiger partial charge in [0.25, 0.3) is 0 Å². The highest BCUT2D eigenvalue weighted by Crippen LogP contribution is 2.24. The summed E-state index contributed by atoms with van der Waals surface area (Å²) in [6.45, 7) is -0.522. The fourth-order valence-corrected chi connectivity index (χ4v) is 1.66. The van der Waals surface area contributed by atoms with Gasteiger partial charge in [0.05, 0.1) is 12.1 Å². The number of oxazole rings is 1. The fourth-order valence-electron chi connectivity index (χ4n) is 1.66. The van der Waals surface area contributed by atoms with Crippen LogP contribution in [0.5, 0.6) is 5.75 Å². The number of amides is 1. The average Bonchev–Trinajstić information content (AvgIpc) is 2.70. The van der Waals surface area contributed by atoms with Crippen molar-refractivity contribution in [3.63, 3.8) is 0 Å². The van der Waals surface area contributed by atoms with Crippen LogP contribution in [-0.4, -0.2) is 29.8 Å². The van der Waals surface area contributed by atoms with Gasteiger partial charge in [-0.25, -0.2) is 4.79 Å². The monoisotopic (exact) mass is 304 g/mol. The van der Waals surface area contributed by atoms with E-state index >= 15 is 0 Å². The molecule has 21 heavy (non-hydrogen) atoms. The van der Waals surface area contributed by atoms with Crippen LogP contribution in [0.2, 0.25) is 0 Å². The molecule has 2 aromatic rings. The minimum Gasteiger partial charge on any atom is -0.488 e. The molecule has 0 spiro atoms. The number of rotatable bonds is 4. The van der Waals surface area contributed by atoms with Crippen molar-refractivity contribution in [1.29, 1.82) is 0 Å². The number of aromatic nitrogens is 1. The second-order valence-corrected chi connectivity index (χ2v) is 4.13. The fraction of sp³-hybridized carbons (Fsp3) is 0.333. The van der Waals surface area contributed by atoms with Crippen molar-refractivity contribution in [2.45, 2.75) is 6.18 Å². The second kappa shape index (κ2) is 5.51. The van der Waals surface area contributed by atoms with Crippen molar-refractivity contribution in [2.24, 2.45) is 7.05 Å². The molecule has 114 valence electrons. The van der Waals surface area contributed by atoms with Gasteiger partial charge in [-0.2, -0.15) is 13.2 Å². The van der Waals surface area contributed by atoms with E-state index in [9.17, 15) is 22.8 Å². The third-order valence-corrected chi connectivity index (χ3v) is 2.69. The third-order valence-electron chi connectivity index (χ3n) is 2.69. The van der Waals surface area contributed by atoms with Crippen molar-refractivity contribution in [3.05, 3.63) is 28.7 Å². The lowest BCUT2D eigenvalue weighted by molar-refractivity contribution is -0.173. The Bertz CT molecular complexity index is 717. The third kappa shape index (κ3) is 3.18. The van der Waals surface area contributed by atoms with E-state index < -0.39 is 17.8 Å². The molecular weight excluding hydrogens is 293 g/mol. The largest absolute Gasteiger partial charge is 0.488 e. The summed E-state index contributed by atoms with van der Waals surface area (Å²) in [6, 6.07) is 4.76. The van der Waals surface area contributed by atoms with Crippen LogP contribution in [-0.2, 0) is 11.8 Å². The van der Waals surface area contributed by atoms with Gasteiger partial charge in [0.2, 0.25) is 0 Å². The maximum Gasteiger partial charge on any atom is 0.471 e. The summed E-state index contributed by atoms with van der Waals surface area (Å²) >= 11 is 0. The van der Waals surface area contributed by atoms with E-state index in [0.717, 1.165) is 0 Å². The Morgan fingerprint density at radius 2 is 2.14 bits per heavy atom. The maximum atomic E-state index is 11.9. The molecule has 9 heteroatoms. The van der Waals surface area contributed by atoms with Gasteiger partial charge in [0.1, 0.15) is 6.61 Å². The number of benzene rings is 1. The topological polar surface area (TPSA) is 73.5 Å². The minimum atomic E-state index is -4.92. The average molecular weight is 304 g/mol. The molecule has 1 aromatic carbocycles. The predicted octanol–water partition coefficient (Wildman–Crippen LogP) is 1.19. The number of nitrogens with one attached hydrogen (secondary N) is 1. The number of hydrogen-bond donors (Lipinski definition) is 1. The first kappa shape index (κ1) is 14.9. The first-order valence-corrected chi connectivity index (χ1v) is 5.87. The van der Waals surface area contributed by atoms with Gasteiger partial charge < -0.3 is 14.5 Å². The quantitative estimate of drug-likeness (QED) is 0.861. The summed E-state index contributed by atoms with van der Waals surface area (Å²) in [7, 11) is 1.52. The lowest BCUT2D eigenvalue weighted by Crippen LogP contribution is -2.38. The van der Waals surface area contributed by atoms with Gasteiger partial charge >= 0.3 is 17.8 Å². The number of carbonyl (C=O) groups excluding carboxylic acids is 1. The molecule has 2 rings (SSSR count). The molecule has 0 radical (unpaired) electrons. The highest BCUT2D eigenvalue weighted by atomic mass is 19.4. The smallest absolute Gasteiger partial charge is 0.471 e. The molecule has 0 aliphatic carbocycles. The Morgan fingerprint density at radius 3 is 2.81 bits per heavy atom. The van der Waals surface area contributed by atoms with Crippen LogP contribution < -0.4 is 15.8 Å². The summed E-state index contributed by atoms with van der Waals surface area (Å²) in [5.41, 5.74) is 0.698. The SMILES string of the molecule is Cn1c(=O)oc2c(OCCNC(=O)C(F)(F)F)cccc21. The van der Waals surface area contributed by atoms with Crippen LogP contribution in [0.4, 0.5) is 13.2 Å². The van der Waals surface area contributed by atoms with E-state index in [1.165, 1.54) is 17.7 Å². The first-order chi connectivity index (χ1) is 9.80. The molecule has 0 bridgehead atoms. The minimum absolute atomic E-state index is 0.195. The number of nitrogens with zero attached hydrogens (tertiary/aromatic N) is 1. The van der Waals surface area contributed by atoms with Gasteiger partial charge in [0, 0.05) is 7.05 Å². The Hall–Kier alpha value is -2.45. The van der Waals surface area contributed by atoms with E-state index in [4.69, 9.17) is 9.15 Å². The maximum absolute atomic E-state index is 11.9. The Labute approximate surface area is 116 Å². The van der Waals surface area contributed by atoms with Gasteiger partial charge in [-0.1, -0.05) is 6.07 Å². The number of fused-ring (bicyclic) bond motifs is 1. The lowest BCUT2D eigenvalue weighted by Gasteiger charge is -2.09. The van der Waals surface area contributed by atoms with Crippen LogP contribution in [0.1, 0.15) is 0 Å². The Kier molecular flexibility index (Phi) is 3.92. The molecule has 0 fully saturated rings. The van der Waals surface area contributed by atoms with Crippen molar-refractivity contribution < 1.29 is 27.1 Å². The zero-order valence-electron chi connectivity index (χ0n) is 10.9. The number of carbonyl (C=O) groups is 1. The summed E-state index contributed by atoms with van der Waals surface area (Å²) in [4.78, 5) is 22.0. The van der Waals surface area contributed by atoms with Crippen molar-refractivity contribution in [3.8, 4) is 5.75 Å². The summed E-state index contributed by atoms with van der Waals surface area (Å²) in [6.07, 6.45) is -4.92.